The highest BCUT2D eigenvalue weighted by Gasteiger charge is 2.47. The molecule has 128 valence electrons. The Labute approximate surface area is 147 Å². The molecule has 2 bridgehead atoms. The van der Waals surface area contributed by atoms with Gasteiger partial charge in [-0.1, -0.05) is 18.2 Å². The topological polar surface area (TPSA) is 62.3 Å². The lowest BCUT2D eigenvalue weighted by Gasteiger charge is -2.34. The third-order valence-corrected chi connectivity index (χ3v) is 5.36. The Morgan fingerprint density at radius 1 is 1.16 bits per heavy atom. The van der Waals surface area contributed by atoms with Crippen molar-refractivity contribution in [3.8, 4) is 0 Å². The predicted molar refractivity (Wildman–Crippen MR) is 94.2 cm³/mol. The number of pyridine rings is 1. The highest BCUT2D eigenvalue weighted by Crippen LogP contribution is 2.38. The van der Waals surface area contributed by atoms with Crippen LogP contribution in [-0.2, 0) is 0 Å². The number of nitrogens with zero attached hydrogens (tertiary/aromatic N) is 2. The van der Waals surface area contributed by atoms with Crippen LogP contribution < -0.4 is 5.32 Å². The molecule has 0 unspecified atom stereocenters. The summed E-state index contributed by atoms with van der Waals surface area (Å²) in [6, 6.07) is 11.3. The molecule has 1 aromatic carbocycles. The Hall–Kier alpha value is -2.69. The summed E-state index contributed by atoms with van der Waals surface area (Å²) in [5, 5.41) is 3.10. The number of fused-ring (bicyclic) bond motifs is 2. The van der Waals surface area contributed by atoms with Crippen LogP contribution in [0.4, 0.5) is 0 Å². The van der Waals surface area contributed by atoms with Gasteiger partial charge in [-0.25, -0.2) is 0 Å². The first-order valence-corrected chi connectivity index (χ1v) is 8.71. The molecule has 2 heterocycles. The van der Waals surface area contributed by atoms with Gasteiger partial charge in [0.25, 0.3) is 11.8 Å². The lowest BCUT2D eigenvalue weighted by molar-refractivity contribution is 0.0648. The van der Waals surface area contributed by atoms with Gasteiger partial charge in [-0.2, -0.15) is 0 Å². The number of likely N-dealkylation sites (tertiary alicyclic amines) is 1. The van der Waals surface area contributed by atoms with Gasteiger partial charge < -0.3 is 10.2 Å². The molecule has 1 aromatic heterocycles. The molecule has 2 amide bonds. The molecular formula is C20H21N3O2. The number of hydrogen-bond acceptors (Lipinski definition) is 3. The molecule has 1 aliphatic heterocycles. The van der Waals surface area contributed by atoms with E-state index in [-0.39, 0.29) is 23.9 Å². The molecule has 3 atom stereocenters. The van der Waals surface area contributed by atoms with Crippen molar-refractivity contribution in [1.29, 1.82) is 0 Å². The highest BCUT2D eigenvalue weighted by molar-refractivity contribution is 5.96. The summed E-state index contributed by atoms with van der Waals surface area (Å²) in [5.74, 6) is 0.428. The van der Waals surface area contributed by atoms with Gasteiger partial charge in [0.15, 0.2) is 0 Å². The first-order chi connectivity index (χ1) is 12.1. The maximum atomic E-state index is 13.0. The van der Waals surface area contributed by atoms with Crippen LogP contribution in [0.25, 0.3) is 0 Å². The van der Waals surface area contributed by atoms with E-state index < -0.39 is 0 Å². The highest BCUT2D eigenvalue weighted by atomic mass is 16.2. The molecule has 1 saturated heterocycles. The average molecular weight is 335 g/mol. The van der Waals surface area contributed by atoms with Crippen molar-refractivity contribution < 1.29 is 9.59 Å². The fourth-order valence-corrected chi connectivity index (χ4v) is 4.13. The number of carbonyl (C=O) groups excluding carboxylic acids is 2. The minimum absolute atomic E-state index is 0.0134. The molecule has 1 saturated carbocycles. The zero-order valence-electron chi connectivity index (χ0n) is 14.2. The second kappa shape index (κ2) is 6.31. The monoisotopic (exact) mass is 335 g/mol. The smallest absolute Gasteiger partial charge is 0.254 e. The number of rotatable bonds is 3. The second-order valence-corrected chi connectivity index (χ2v) is 7.00. The summed E-state index contributed by atoms with van der Waals surface area (Å²) >= 11 is 0. The van der Waals surface area contributed by atoms with Crippen LogP contribution in [0, 0.1) is 12.8 Å². The van der Waals surface area contributed by atoms with Crippen LogP contribution in [0.5, 0.6) is 0 Å². The Morgan fingerprint density at radius 3 is 2.72 bits per heavy atom. The minimum Gasteiger partial charge on any atom is -0.347 e. The van der Waals surface area contributed by atoms with Crippen molar-refractivity contribution in [2.75, 3.05) is 6.54 Å². The maximum absolute atomic E-state index is 13.0. The number of aromatic nitrogens is 1. The quantitative estimate of drug-likeness (QED) is 0.937. The van der Waals surface area contributed by atoms with Crippen molar-refractivity contribution >= 4 is 11.8 Å². The van der Waals surface area contributed by atoms with Crippen LogP contribution >= 0.6 is 0 Å². The fourth-order valence-electron chi connectivity index (χ4n) is 4.13. The number of hydrogen-bond donors (Lipinski definition) is 1. The third-order valence-electron chi connectivity index (χ3n) is 5.36. The summed E-state index contributed by atoms with van der Waals surface area (Å²) in [7, 11) is 0. The van der Waals surface area contributed by atoms with Gasteiger partial charge >= 0.3 is 0 Å². The van der Waals surface area contributed by atoms with Gasteiger partial charge in [0.1, 0.15) is 0 Å². The molecular weight excluding hydrogens is 314 g/mol. The molecule has 0 radical (unpaired) electrons. The molecule has 5 nitrogen and oxygen atoms in total. The van der Waals surface area contributed by atoms with E-state index in [1.807, 2.05) is 36.1 Å². The first kappa shape index (κ1) is 15.8. The van der Waals surface area contributed by atoms with Crippen LogP contribution in [-0.4, -0.2) is 40.3 Å². The van der Waals surface area contributed by atoms with Gasteiger partial charge in [0.05, 0.1) is 11.6 Å². The van der Waals surface area contributed by atoms with Gasteiger partial charge in [-0.15, -0.1) is 0 Å². The van der Waals surface area contributed by atoms with Gasteiger partial charge in [-0.3, -0.25) is 14.6 Å². The number of carbonyl (C=O) groups is 2. The lowest BCUT2D eigenvalue weighted by Crippen LogP contribution is -2.52. The molecule has 1 N–H and O–H groups in total. The minimum atomic E-state index is -0.117. The van der Waals surface area contributed by atoms with E-state index in [4.69, 9.17) is 0 Å². The molecule has 2 aliphatic rings. The van der Waals surface area contributed by atoms with E-state index in [2.05, 4.69) is 10.3 Å². The van der Waals surface area contributed by atoms with Crippen LogP contribution in [0.15, 0.2) is 48.8 Å². The Balaban J connectivity index is 1.50. The van der Waals surface area contributed by atoms with Gasteiger partial charge in [0.2, 0.25) is 0 Å². The number of nitrogens with one attached hydrogen (secondary N) is 1. The summed E-state index contributed by atoms with van der Waals surface area (Å²) in [5.41, 5.74) is 2.31. The zero-order chi connectivity index (χ0) is 17.4. The zero-order valence-corrected chi connectivity index (χ0v) is 14.2. The van der Waals surface area contributed by atoms with E-state index in [9.17, 15) is 9.59 Å². The summed E-state index contributed by atoms with van der Waals surface area (Å²) in [6.07, 6.45) is 5.12. The standard InChI is InChI=1S/C20H21N3O2/c1-13-5-2-3-7-16(13)20(25)23-12-14-9-17(18(23)10-14)22-19(24)15-6-4-8-21-11-15/h2-8,11,14,17-18H,9-10,12H2,1H3,(H,22,24)/t14-,17+,18-/m1/s1. The molecule has 2 aromatic rings. The van der Waals surface area contributed by atoms with E-state index in [0.717, 1.165) is 30.5 Å². The number of amides is 2. The Bertz CT molecular complexity index is 806. The van der Waals surface area contributed by atoms with Crippen molar-refractivity contribution in [3.63, 3.8) is 0 Å². The summed E-state index contributed by atoms with van der Waals surface area (Å²) in [4.78, 5) is 31.3. The van der Waals surface area contributed by atoms with E-state index >= 15 is 0 Å². The third kappa shape index (κ3) is 2.90. The van der Waals surface area contributed by atoms with E-state index in [0.29, 0.717) is 11.5 Å². The van der Waals surface area contributed by atoms with Crippen LogP contribution in [0.3, 0.4) is 0 Å². The molecule has 2 fully saturated rings. The number of benzene rings is 1. The summed E-state index contributed by atoms with van der Waals surface area (Å²) < 4.78 is 0. The molecule has 0 spiro atoms. The number of piperidine rings is 1. The van der Waals surface area contributed by atoms with Crippen molar-refractivity contribution in [2.45, 2.75) is 31.8 Å². The maximum Gasteiger partial charge on any atom is 0.254 e. The van der Waals surface area contributed by atoms with E-state index in [1.54, 1.807) is 24.5 Å². The SMILES string of the molecule is Cc1ccccc1C(=O)N1C[C@@H]2C[C@H](NC(=O)c3cccnc3)[C@H]1C2. The van der Waals surface area contributed by atoms with Gasteiger partial charge in [-0.05, 0) is 49.4 Å². The summed E-state index contributed by atoms with van der Waals surface area (Å²) in [6.45, 7) is 2.75. The lowest BCUT2D eigenvalue weighted by atomic mass is 10.0. The predicted octanol–water partition coefficient (Wildman–Crippen LogP) is 2.42. The van der Waals surface area contributed by atoms with Crippen molar-refractivity contribution in [3.05, 3.63) is 65.5 Å². The molecule has 1 aliphatic carbocycles. The van der Waals surface area contributed by atoms with Crippen LogP contribution in [0.2, 0.25) is 0 Å². The second-order valence-electron chi connectivity index (χ2n) is 7.00. The average Bonchev–Trinajstić information content (AvgIpc) is 3.22. The van der Waals surface area contributed by atoms with Crippen molar-refractivity contribution in [1.82, 2.24) is 15.2 Å². The number of aryl methyl sites for hydroxylation is 1. The first-order valence-electron chi connectivity index (χ1n) is 8.71. The Kier molecular flexibility index (Phi) is 3.99. The molecule has 5 heteroatoms. The largest absolute Gasteiger partial charge is 0.347 e. The normalized spacial score (nSPS) is 24.4. The molecule has 25 heavy (non-hydrogen) atoms. The van der Waals surface area contributed by atoms with Gasteiger partial charge in [0, 0.05) is 30.5 Å². The fraction of sp³-hybridized carbons (Fsp3) is 0.350. The van der Waals surface area contributed by atoms with Crippen molar-refractivity contribution in [2.24, 2.45) is 5.92 Å². The molecule has 4 rings (SSSR count). The van der Waals surface area contributed by atoms with E-state index in [1.165, 1.54) is 0 Å². The Morgan fingerprint density at radius 2 is 2.00 bits per heavy atom. The van der Waals surface area contributed by atoms with Crippen LogP contribution in [0.1, 0.15) is 39.1 Å².